The fraction of sp³-hybridized carbons (Fsp3) is 0.0625. The first kappa shape index (κ1) is 12.9. The van der Waals surface area contributed by atoms with E-state index in [9.17, 15) is 0 Å². The summed E-state index contributed by atoms with van der Waals surface area (Å²) in [5, 5.41) is 12.8. The summed E-state index contributed by atoms with van der Waals surface area (Å²) in [6.45, 7) is 0. The van der Waals surface area contributed by atoms with Crippen molar-refractivity contribution in [2.75, 3.05) is 7.11 Å². The van der Waals surface area contributed by atoms with Gasteiger partial charge in [-0.3, -0.25) is 0 Å². The molecule has 5 nitrogen and oxygen atoms in total. The Balaban J connectivity index is 1.93. The summed E-state index contributed by atoms with van der Waals surface area (Å²) in [6, 6.07) is 16.5. The van der Waals surface area contributed by atoms with Gasteiger partial charge in [-0.2, -0.15) is 10.2 Å². The van der Waals surface area contributed by atoms with Crippen molar-refractivity contribution in [3.05, 3.63) is 54.1 Å². The molecular weight excluding hydrogens is 266 g/mol. The standard InChI is InChI=1S/C16H11N3O2/c1-20-14-4-2-3-13(9-14)15-18-16(21-19-15)12-7-5-11(10-17)6-8-12/h2-9H,1H3. The molecule has 0 unspecified atom stereocenters. The van der Waals surface area contributed by atoms with Crippen LogP contribution in [0.15, 0.2) is 53.1 Å². The second-order valence-electron chi connectivity index (χ2n) is 4.34. The van der Waals surface area contributed by atoms with E-state index in [1.54, 1.807) is 31.4 Å². The first-order chi connectivity index (χ1) is 10.3. The normalized spacial score (nSPS) is 10.1. The highest BCUT2D eigenvalue weighted by atomic mass is 16.5. The van der Waals surface area contributed by atoms with Gasteiger partial charge in [0.05, 0.1) is 18.7 Å². The maximum Gasteiger partial charge on any atom is 0.258 e. The Bertz CT molecular complexity index is 801. The molecule has 0 aliphatic heterocycles. The van der Waals surface area contributed by atoms with Gasteiger partial charge in [0.25, 0.3) is 5.89 Å². The maximum absolute atomic E-state index is 8.79. The molecule has 21 heavy (non-hydrogen) atoms. The lowest BCUT2D eigenvalue weighted by molar-refractivity contribution is 0.414. The fourth-order valence-electron chi connectivity index (χ4n) is 1.91. The third-order valence-electron chi connectivity index (χ3n) is 3.01. The minimum absolute atomic E-state index is 0.414. The van der Waals surface area contributed by atoms with Gasteiger partial charge in [0.15, 0.2) is 0 Å². The van der Waals surface area contributed by atoms with Gasteiger partial charge in [-0.1, -0.05) is 17.3 Å². The summed E-state index contributed by atoms with van der Waals surface area (Å²) in [5.41, 5.74) is 2.18. The maximum atomic E-state index is 8.79. The van der Waals surface area contributed by atoms with Crippen LogP contribution in [0.3, 0.4) is 0 Å². The topological polar surface area (TPSA) is 71.9 Å². The molecule has 0 fully saturated rings. The van der Waals surface area contributed by atoms with Crippen molar-refractivity contribution in [1.29, 1.82) is 5.26 Å². The van der Waals surface area contributed by atoms with Gasteiger partial charge >= 0.3 is 0 Å². The fourth-order valence-corrected chi connectivity index (χ4v) is 1.91. The van der Waals surface area contributed by atoms with E-state index < -0.39 is 0 Å². The number of nitrogens with zero attached hydrogens (tertiary/aromatic N) is 3. The summed E-state index contributed by atoms with van der Waals surface area (Å²) < 4.78 is 10.4. The molecule has 0 spiro atoms. The van der Waals surface area contributed by atoms with Crippen LogP contribution in [0.2, 0.25) is 0 Å². The second-order valence-corrected chi connectivity index (χ2v) is 4.34. The summed E-state index contributed by atoms with van der Waals surface area (Å²) in [4.78, 5) is 4.37. The van der Waals surface area contributed by atoms with Crippen molar-refractivity contribution in [2.24, 2.45) is 0 Å². The lowest BCUT2D eigenvalue weighted by Gasteiger charge is -1.99. The second kappa shape index (κ2) is 5.47. The molecule has 3 rings (SSSR count). The van der Waals surface area contributed by atoms with E-state index in [4.69, 9.17) is 14.5 Å². The molecule has 102 valence electrons. The highest BCUT2D eigenvalue weighted by molar-refractivity contribution is 5.61. The zero-order chi connectivity index (χ0) is 14.7. The monoisotopic (exact) mass is 277 g/mol. The molecule has 0 radical (unpaired) electrons. The Kier molecular flexibility index (Phi) is 3.36. The zero-order valence-electron chi connectivity index (χ0n) is 11.3. The molecule has 0 amide bonds. The molecule has 0 saturated heterocycles. The predicted octanol–water partition coefficient (Wildman–Crippen LogP) is 3.28. The van der Waals surface area contributed by atoms with Crippen molar-refractivity contribution in [2.45, 2.75) is 0 Å². The van der Waals surface area contributed by atoms with Crippen LogP contribution in [0.4, 0.5) is 0 Å². The smallest absolute Gasteiger partial charge is 0.258 e. The summed E-state index contributed by atoms with van der Waals surface area (Å²) in [5.74, 6) is 1.64. The van der Waals surface area contributed by atoms with Crippen LogP contribution in [0.1, 0.15) is 5.56 Å². The Morgan fingerprint density at radius 2 is 1.90 bits per heavy atom. The molecular formula is C16H11N3O2. The average molecular weight is 277 g/mol. The number of hydrogen-bond donors (Lipinski definition) is 0. The molecule has 0 N–H and O–H groups in total. The Hall–Kier alpha value is -3.13. The lowest BCUT2D eigenvalue weighted by atomic mass is 10.1. The molecule has 0 bridgehead atoms. The molecule has 0 aliphatic carbocycles. The van der Waals surface area contributed by atoms with E-state index in [0.717, 1.165) is 16.9 Å². The van der Waals surface area contributed by atoms with Gasteiger partial charge in [0, 0.05) is 11.1 Å². The van der Waals surface area contributed by atoms with Crippen LogP contribution in [-0.4, -0.2) is 17.3 Å². The van der Waals surface area contributed by atoms with Gasteiger partial charge in [-0.15, -0.1) is 0 Å². The number of hydrogen-bond acceptors (Lipinski definition) is 5. The third kappa shape index (κ3) is 2.60. The Morgan fingerprint density at radius 3 is 2.62 bits per heavy atom. The van der Waals surface area contributed by atoms with Crippen LogP contribution in [0.5, 0.6) is 5.75 Å². The highest BCUT2D eigenvalue weighted by Gasteiger charge is 2.11. The van der Waals surface area contributed by atoms with Crippen molar-refractivity contribution >= 4 is 0 Å². The molecule has 1 heterocycles. The van der Waals surface area contributed by atoms with Crippen LogP contribution in [0.25, 0.3) is 22.8 Å². The molecule has 0 aliphatic rings. The van der Waals surface area contributed by atoms with Crippen molar-refractivity contribution in [1.82, 2.24) is 10.1 Å². The number of rotatable bonds is 3. The minimum atomic E-state index is 0.414. The van der Waals surface area contributed by atoms with Crippen molar-refractivity contribution in [3.8, 4) is 34.7 Å². The number of nitriles is 1. The summed E-state index contributed by atoms with van der Waals surface area (Å²) in [7, 11) is 1.61. The molecule has 3 aromatic rings. The zero-order valence-corrected chi connectivity index (χ0v) is 11.3. The number of ether oxygens (including phenoxy) is 1. The van der Waals surface area contributed by atoms with E-state index in [0.29, 0.717) is 17.3 Å². The first-order valence-electron chi connectivity index (χ1n) is 6.29. The minimum Gasteiger partial charge on any atom is -0.497 e. The van der Waals surface area contributed by atoms with Gasteiger partial charge in [0.2, 0.25) is 5.82 Å². The summed E-state index contributed by atoms with van der Waals surface area (Å²) >= 11 is 0. The Morgan fingerprint density at radius 1 is 1.10 bits per heavy atom. The van der Waals surface area contributed by atoms with E-state index in [-0.39, 0.29) is 0 Å². The third-order valence-corrected chi connectivity index (χ3v) is 3.01. The van der Waals surface area contributed by atoms with E-state index in [1.165, 1.54) is 0 Å². The number of methoxy groups -OCH3 is 1. The lowest BCUT2D eigenvalue weighted by Crippen LogP contribution is -1.85. The molecule has 0 saturated carbocycles. The molecule has 2 aromatic carbocycles. The van der Waals surface area contributed by atoms with Crippen LogP contribution in [0, 0.1) is 11.3 Å². The van der Waals surface area contributed by atoms with Crippen molar-refractivity contribution in [3.63, 3.8) is 0 Å². The Labute approximate surface area is 121 Å². The van der Waals surface area contributed by atoms with Crippen molar-refractivity contribution < 1.29 is 9.26 Å². The van der Waals surface area contributed by atoms with Crippen LogP contribution >= 0.6 is 0 Å². The SMILES string of the molecule is COc1cccc(-c2noc(-c3ccc(C#N)cc3)n2)c1. The van der Waals surface area contributed by atoms with Crippen LogP contribution < -0.4 is 4.74 Å². The molecule has 1 aromatic heterocycles. The predicted molar refractivity (Wildman–Crippen MR) is 76.4 cm³/mol. The van der Waals surface area contributed by atoms with Gasteiger partial charge in [0.1, 0.15) is 5.75 Å². The largest absolute Gasteiger partial charge is 0.497 e. The molecule has 0 atom stereocenters. The number of benzene rings is 2. The number of aromatic nitrogens is 2. The average Bonchev–Trinajstić information content (AvgIpc) is 3.05. The quantitative estimate of drug-likeness (QED) is 0.734. The van der Waals surface area contributed by atoms with E-state index in [1.807, 2.05) is 24.3 Å². The molecule has 5 heteroatoms. The van der Waals surface area contributed by atoms with Gasteiger partial charge in [-0.05, 0) is 36.4 Å². The highest BCUT2D eigenvalue weighted by Crippen LogP contribution is 2.24. The van der Waals surface area contributed by atoms with Crippen LogP contribution in [-0.2, 0) is 0 Å². The van der Waals surface area contributed by atoms with E-state index >= 15 is 0 Å². The summed E-state index contributed by atoms with van der Waals surface area (Å²) in [6.07, 6.45) is 0. The first-order valence-corrected chi connectivity index (χ1v) is 6.29. The van der Waals surface area contributed by atoms with E-state index in [2.05, 4.69) is 16.2 Å². The van der Waals surface area contributed by atoms with Gasteiger partial charge in [-0.25, -0.2) is 0 Å². The van der Waals surface area contributed by atoms with Gasteiger partial charge < -0.3 is 9.26 Å².